The minimum absolute atomic E-state index is 0.0290. The van der Waals surface area contributed by atoms with E-state index >= 15 is 0 Å². The second-order valence-corrected chi connectivity index (χ2v) is 4.43. The monoisotopic (exact) mass is 196 g/mol. The molecule has 1 atom stereocenters. The molecule has 0 aliphatic heterocycles. The molecule has 2 rings (SSSR count). The molecule has 0 radical (unpaired) electrons. The summed E-state index contributed by atoms with van der Waals surface area (Å²) in [6, 6.07) is 2.94. The summed E-state index contributed by atoms with van der Waals surface area (Å²) in [6.07, 6.45) is 0.796. The van der Waals surface area contributed by atoms with Gasteiger partial charge in [-0.15, -0.1) is 0 Å². The van der Waals surface area contributed by atoms with Gasteiger partial charge in [0.25, 0.3) is 0 Å². The molecule has 1 saturated carbocycles. The Bertz CT molecular complexity index is 397. The maximum atomic E-state index is 10.4. The lowest BCUT2D eigenvalue weighted by molar-refractivity contribution is -0.402. The molecule has 5 heteroatoms. The summed E-state index contributed by atoms with van der Waals surface area (Å²) in [7, 11) is 0. The third-order valence-electron chi connectivity index (χ3n) is 3.01. The number of rotatable bonds is 2. The van der Waals surface area contributed by atoms with Crippen molar-refractivity contribution < 1.29 is 9.34 Å². The topological polar surface area (TPSA) is 82.3 Å². The van der Waals surface area contributed by atoms with Gasteiger partial charge < -0.3 is 10.2 Å². The van der Waals surface area contributed by atoms with Crippen molar-refractivity contribution in [2.75, 3.05) is 0 Å². The number of nitrogens with two attached hydrogens (primary N) is 1. The fourth-order valence-corrected chi connectivity index (χ4v) is 1.74. The Hall–Kier alpha value is -1.36. The fourth-order valence-electron chi connectivity index (χ4n) is 1.74. The molecule has 0 spiro atoms. The lowest BCUT2D eigenvalue weighted by Gasteiger charge is -2.10. The molecule has 1 aliphatic carbocycles. The van der Waals surface area contributed by atoms with Gasteiger partial charge in [-0.3, -0.25) is 10.1 Å². The van der Waals surface area contributed by atoms with Gasteiger partial charge in [0.2, 0.25) is 0 Å². The van der Waals surface area contributed by atoms with Crippen molar-refractivity contribution >= 4 is 5.88 Å². The summed E-state index contributed by atoms with van der Waals surface area (Å²) in [4.78, 5) is 9.84. The van der Waals surface area contributed by atoms with Crippen LogP contribution in [0, 0.1) is 15.5 Å². The predicted octanol–water partition coefficient (Wildman–Crippen LogP) is 1.77. The Kier molecular flexibility index (Phi) is 1.55. The quantitative estimate of drug-likeness (QED) is 0.577. The molecule has 0 aromatic carbocycles. The van der Waals surface area contributed by atoms with Crippen LogP contribution >= 0.6 is 0 Å². The van der Waals surface area contributed by atoms with Gasteiger partial charge in [-0.2, -0.15) is 0 Å². The highest BCUT2D eigenvalue weighted by Crippen LogP contribution is 2.60. The highest BCUT2D eigenvalue weighted by atomic mass is 16.6. The Morgan fingerprint density at radius 2 is 2.14 bits per heavy atom. The van der Waals surface area contributed by atoms with E-state index < -0.39 is 10.5 Å². The minimum atomic E-state index is -0.553. The predicted molar refractivity (Wildman–Crippen MR) is 49.6 cm³/mol. The standard InChI is InChI=1S/C9H12N2O3/c1-8(2)5-9(8,10)6-3-4-7(14-6)11(12)13/h3-4H,5,10H2,1-2H3. The third kappa shape index (κ3) is 1.05. The van der Waals surface area contributed by atoms with Crippen molar-refractivity contribution in [3.63, 3.8) is 0 Å². The fraction of sp³-hybridized carbons (Fsp3) is 0.556. The molecule has 0 saturated heterocycles. The lowest BCUT2D eigenvalue weighted by Crippen LogP contribution is -2.24. The number of nitrogens with zero attached hydrogens (tertiary/aromatic N) is 1. The molecule has 0 bridgehead atoms. The Morgan fingerprint density at radius 1 is 1.57 bits per heavy atom. The first-order valence-electron chi connectivity index (χ1n) is 4.40. The van der Waals surface area contributed by atoms with Gasteiger partial charge in [-0.25, -0.2) is 0 Å². The molecule has 0 amide bonds. The zero-order chi connectivity index (χ0) is 10.6. The van der Waals surface area contributed by atoms with E-state index in [2.05, 4.69) is 0 Å². The second kappa shape index (κ2) is 2.36. The van der Waals surface area contributed by atoms with Crippen molar-refractivity contribution in [2.24, 2.45) is 11.1 Å². The van der Waals surface area contributed by atoms with Crippen LogP contribution < -0.4 is 5.73 Å². The van der Waals surface area contributed by atoms with Crippen molar-refractivity contribution in [1.29, 1.82) is 0 Å². The Labute approximate surface area is 81.0 Å². The van der Waals surface area contributed by atoms with Crippen LogP contribution in [0.3, 0.4) is 0 Å². The van der Waals surface area contributed by atoms with Gasteiger partial charge in [0.05, 0.1) is 11.6 Å². The first kappa shape index (κ1) is 9.21. The molecule has 76 valence electrons. The summed E-state index contributed by atoms with van der Waals surface area (Å²) in [6.45, 7) is 4.03. The lowest BCUT2D eigenvalue weighted by atomic mass is 10.0. The van der Waals surface area contributed by atoms with Crippen LogP contribution in [0.5, 0.6) is 0 Å². The summed E-state index contributed by atoms with van der Waals surface area (Å²) in [5, 5.41) is 10.4. The largest absolute Gasteiger partial charge is 0.433 e. The maximum Gasteiger partial charge on any atom is 0.433 e. The number of hydrogen-bond acceptors (Lipinski definition) is 4. The molecular formula is C9H12N2O3. The number of hydrogen-bond donors (Lipinski definition) is 1. The van der Waals surface area contributed by atoms with Crippen LogP contribution in [-0.2, 0) is 5.54 Å². The van der Waals surface area contributed by atoms with Gasteiger partial charge in [0, 0.05) is 0 Å². The van der Waals surface area contributed by atoms with Crippen LogP contribution in [0.2, 0.25) is 0 Å². The first-order chi connectivity index (χ1) is 6.37. The van der Waals surface area contributed by atoms with E-state index in [-0.39, 0.29) is 11.3 Å². The van der Waals surface area contributed by atoms with Crippen molar-refractivity contribution in [3.05, 3.63) is 28.0 Å². The van der Waals surface area contributed by atoms with E-state index in [9.17, 15) is 10.1 Å². The van der Waals surface area contributed by atoms with Crippen LogP contribution in [0.1, 0.15) is 26.0 Å². The van der Waals surface area contributed by atoms with Crippen molar-refractivity contribution in [3.8, 4) is 0 Å². The zero-order valence-electron chi connectivity index (χ0n) is 8.11. The van der Waals surface area contributed by atoms with E-state index in [0.717, 1.165) is 6.42 Å². The zero-order valence-corrected chi connectivity index (χ0v) is 8.11. The Morgan fingerprint density at radius 3 is 2.50 bits per heavy atom. The number of nitro groups is 1. The van der Waals surface area contributed by atoms with E-state index in [1.54, 1.807) is 6.07 Å². The summed E-state index contributed by atoms with van der Waals surface area (Å²) < 4.78 is 5.08. The van der Waals surface area contributed by atoms with Crippen LogP contribution in [0.4, 0.5) is 5.88 Å². The molecular weight excluding hydrogens is 184 g/mol. The van der Waals surface area contributed by atoms with E-state index in [1.165, 1.54) is 6.07 Å². The molecule has 14 heavy (non-hydrogen) atoms. The van der Waals surface area contributed by atoms with Crippen molar-refractivity contribution in [1.82, 2.24) is 0 Å². The van der Waals surface area contributed by atoms with Gasteiger partial charge >= 0.3 is 5.88 Å². The van der Waals surface area contributed by atoms with Crippen LogP contribution in [0.25, 0.3) is 0 Å². The SMILES string of the molecule is CC1(C)CC1(N)c1ccc([N+](=O)[O-])o1. The highest BCUT2D eigenvalue weighted by molar-refractivity contribution is 5.31. The van der Waals surface area contributed by atoms with Gasteiger partial charge in [0.1, 0.15) is 10.7 Å². The second-order valence-electron chi connectivity index (χ2n) is 4.43. The molecule has 1 fully saturated rings. The average molecular weight is 196 g/mol. The normalized spacial score (nSPS) is 28.8. The first-order valence-corrected chi connectivity index (χ1v) is 4.40. The molecule has 1 aromatic heterocycles. The van der Waals surface area contributed by atoms with Crippen LogP contribution in [0.15, 0.2) is 16.5 Å². The van der Waals surface area contributed by atoms with Gasteiger partial charge in [-0.05, 0) is 17.9 Å². The summed E-state index contributed by atoms with van der Waals surface area (Å²) in [5.74, 6) is 0.265. The molecule has 1 aliphatic rings. The maximum absolute atomic E-state index is 10.4. The molecule has 1 aromatic rings. The summed E-state index contributed by atoms with van der Waals surface area (Å²) in [5.41, 5.74) is 5.49. The van der Waals surface area contributed by atoms with E-state index in [0.29, 0.717) is 5.76 Å². The van der Waals surface area contributed by atoms with Crippen molar-refractivity contribution in [2.45, 2.75) is 25.8 Å². The molecule has 5 nitrogen and oxygen atoms in total. The van der Waals surface area contributed by atoms with Gasteiger partial charge in [-0.1, -0.05) is 13.8 Å². The Balaban J connectivity index is 2.32. The molecule has 2 N–H and O–H groups in total. The smallest absolute Gasteiger partial charge is 0.404 e. The molecule has 1 heterocycles. The average Bonchev–Trinajstić information content (AvgIpc) is 2.53. The van der Waals surface area contributed by atoms with E-state index in [1.807, 2.05) is 13.8 Å². The number of furan rings is 1. The molecule has 1 unspecified atom stereocenters. The minimum Gasteiger partial charge on any atom is -0.404 e. The third-order valence-corrected chi connectivity index (χ3v) is 3.01. The highest BCUT2D eigenvalue weighted by Gasteiger charge is 2.61. The van der Waals surface area contributed by atoms with Crippen LogP contribution in [-0.4, -0.2) is 4.92 Å². The summed E-state index contributed by atoms with van der Waals surface area (Å²) >= 11 is 0. The van der Waals surface area contributed by atoms with E-state index in [4.69, 9.17) is 10.2 Å². The van der Waals surface area contributed by atoms with Gasteiger partial charge in [0.15, 0.2) is 0 Å².